The molecule has 0 saturated heterocycles. The number of ether oxygens (including phenoxy) is 1. The van der Waals surface area contributed by atoms with Crippen molar-refractivity contribution in [1.82, 2.24) is 10.1 Å². The van der Waals surface area contributed by atoms with Crippen molar-refractivity contribution in [3.05, 3.63) is 40.0 Å². The number of nitrogens with zero attached hydrogens (tertiary/aromatic N) is 2. The van der Waals surface area contributed by atoms with Crippen LogP contribution in [0.3, 0.4) is 0 Å². The Morgan fingerprint density at radius 1 is 1.45 bits per heavy atom. The van der Waals surface area contributed by atoms with E-state index in [4.69, 9.17) is 15.0 Å². The van der Waals surface area contributed by atoms with Gasteiger partial charge in [0, 0.05) is 12.5 Å². The molecule has 0 aliphatic carbocycles. The number of rotatable bonds is 6. The molecule has 2 aromatic rings. The highest BCUT2D eigenvalue weighted by Gasteiger charge is 2.12. The lowest BCUT2D eigenvalue weighted by atomic mass is 10.1. The molecule has 5 nitrogen and oxygen atoms in total. The van der Waals surface area contributed by atoms with E-state index in [1.54, 1.807) is 0 Å². The van der Waals surface area contributed by atoms with E-state index in [1.807, 2.05) is 32.0 Å². The average molecular weight is 340 g/mol. The smallest absolute Gasteiger partial charge is 0.264 e. The third kappa shape index (κ3) is 3.80. The molecular formula is C14H18BrN3O2. The van der Waals surface area contributed by atoms with Gasteiger partial charge in [-0.05, 0) is 40.9 Å². The Morgan fingerprint density at radius 2 is 2.25 bits per heavy atom. The molecule has 0 saturated carbocycles. The highest BCUT2D eigenvalue weighted by Crippen LogP contribution is 2.30. The van der Waals surface area contributed by atoms with Gasteiger partial charge in [-0.3, -0.25) is 0 Å². The average Bonchev–Trinajstić information content (AvgIpc) is 2.85. The summed E-state index contributed by atoms with van der Waals surface area (Å²) < 4.78 is 11.8. The van der Waals surface area contributed by atoms with Crippen LogP contribution in [0.2, 0.25) is 0 Å². The first-order valence-corrected chi connectivity index (χ1v) is 7.36. The lowest BCUT2D eigenvalue weighted by molar-refractivity contribution is 0.239. The van der Waals surface area contributed by atoms with Gasteiger partial charge in [0.15, 0.2) is 12.4 Å². The molecule has 1 atom stereocenters. The summed E-state index contributed by atoms with van der Waals surface area (Å²) in [6.45, 7) is 4.20. The van der Waals surface area contributed by atoms with Gasteiger partial charge in [-0.25, -0.2) is 0 Å². The molecular weight excluding hydrogens is 322 g/mol. The zero-order valence-corrected chi connectivity index (χ0v) is 13.2. The van der Waals surface area contributed by atoms with Crippen LogP contribution in [0.25, 0.3) is 0 Å². The van der Waals surface area contributed by atoms with E-state index in [-0.39, 0.29) is 12.6 Å². The summed E-state index contributed by atoms with van der Waals surface area (Å²) in [6.07, 6.45) is 1.49. The molecule has 2 N–H and O–H groups in total. The minimum atomic E-state index is 0.0711. The largest absolute Gasteiger partial charge is 0.482 e. The second kappa shape index (κ2) is 6.85. The van der Waals surface area contributed by atoms with Crippen LogP contribution in [0.4, 0.5) is 0 Å². The van der Waals surface area contributed by atoms with Crippen molar-refractivity contribution in [3.63, 3.8) is 0 Å². The van der Waals surface area contributed by atoms with Crippen LogP contribution in [-0.4, -0.2) is 16.2 Å². The molecule has 0 aliphatic rings. The number of hydrogen-bond acceptors (Lipinski definition) is 5. The minimum absolute atomic E-state index is 0.0711. The predicted molar refractivity (Wildman–Crippen MR) is 79.5 cm³/mol. The molecule has 1 aromatic carbocycles. The first-order valence-electron chi connectivity index (χ1n) is 6.57. The molecule has 6 heteroatoms. The maximum Gasteiger partial charge on any atom is 0.264 e. The van der Waals surface area contributed by atoms with Gasteiger partial charge >= 0.3 is 0 Å². The second-order valence-electron chi connectivity index (χ2n) is 4.66. The zero-order chi connectivity index (χ0) is 14.5. The van der Waals surface area contributed by atoms with Crippen molar-refractivity contribution in [1.29, 1.82) is 0 Å². The fourth-order valence-corrected chi connectivity index (χ4v) is 2.37. The predicted octanol–water partition coefficient (Wildman–Crippen LogP) is 2.86. The summed E-state index contributed by atoms with van der Waals surface area (Å²) >= 11 is 3.50. The first-order chi connectivity index (χ1) is 9.60. The standard InChI is InChI=1S/C14H18BrN3O2/c1-3-12-17-13(20-18-12)8-19-14-10(7-9(2)16)5-4-6-11(14)15/h4-6,9H,3,7-8,16H2,1-2H3. The molecule has 1 aromatic heterocycles. The zero-order valence-electron chi connectivity index (χ0n) is 11.6. The highest BCUT2D eigenvalue weighted by atomic mass is 79.9. The Morgan fingerprint density at radius 3 is 2.90 bits per heavy atom. The van der Waals surface area contributed by atoms with Gasteiger partial charge in [-0.1, -0.05) is 24.2 Å². The van der Waals surface area contributed by atoms with Crippen LogP contribution in [0, 0.1) is 0 Å². The number of para-hydroxylation sites is 1. The van der Waals surface area contributed by atoms with Gasteiger partial charge < -0.3 is 15.0 Å². The Balaban J connectivity index is 2.11. The van der Waals surface area contributed by atoms with Crippen LogP contribution < -0.4 is 10.5 Å². The molecule has 20 heavy (non-hydrogen) atoms. The minimum Gasteiger partial charge on any atom is -0.482 e. The van der Waals surface area contributed by atoms with Gasteiger partial charge in [0.1, 0.15) is 5.75 Å². The maximum absolute atomic E-state index is 5.86. The van der Waals surface area contributed by atoms with Crippen LogP contribution in [0.15, 0.2) is 27.2 Å². The maximum atomic E-state index is 5.86. The van der Waals surface area contributed by atoms with E-state index in [9.17, 15) is 0 Å². The molecule has 2 rings (SSSR count). The molecule has 0 spiro atoms. The third-order valence-corrected chi connectivity index (χ3v) is 3.38. The number of aromatic nitrogens is 2. The number of benzene rings is 1. The molecule has 0 radical (unpaired) electrons. The fraction of sp³-hybridized carbons (Fsp3) is 0.429. The Bertz CT molecular complexity index is 569. The van der Waals surface area contributed by atoms with Gasteiger partial charge in [-0.15, -0.1) is 0 Å². The van der Waals surface area contributed by atoms with Crippen LogP contribution in [0.1, 0.15) is 31.1 Å². The first kappa shape index (κ1) is 15.0. The van der Waals surface area contributed by atoms with Crippen LogP contribution in [0.5, 0.6) is 5.75 Å². The van der Waals surface area contributed by atoms with E-state index in [2.05, 4.69) is 26.1 Å². The van der Waals surface area contributed by atoms with Crippen molar-refractivity contribution in [2.45, 2.75) is 39.3 Å². The van der Waals surface area contributed by atoms with Crippen LogP contribution >= 0.6 is 15.9 Å². The molecule has 0 amide bonds. The molecule has 0 fully saturated rings. The Kier molecular flexibility index (Phi) is 5.14. The van der Waals surface area contributed by atoms with E-state index >= 15 is 0 Å². The lowest BCUT2D eigenvalue weighted by Gasteiger charge is -2.13. The summed E-state index contributed by atoms with van der Waals surface area (Å²) in [7, 11) is 0. The highest BCUT2D eigenvalue weighted by molar-refractivity contribution is 9.10. The molecule has 1 heterocycles. The summed E-state index contributed by atoms with van der Waals surface area (Å²) in [5.41, 5.74) is 6.92. The monoisotopic (exact) mass is 339 g/mol. The third-order valence-electron chi connectivity index (χ3n) is 2.76. The number of aryl methyl sites for hydroxylation is 1. The van der Waals surface area contributed by atoms with E-state index in [0.717, 1.165) is 28.6 Å². The SMILES string of the molecule is CCc1noc(COc2c(Br)cccc2CC(C)N)n1. The second-order valence-corrected chi connectivity index (χ2v) is 5.51. The van der Waals surface area contributed by atoms with E-state index in [0.29, 0.717) is 11.7 Å². The molecule has 108 valence electrons. The van der Waals surface area contributed by atoms with Gasteiger partial charge in [0.05, 0.1) is 4.47 Å². The van der Waals surface area contributed by atoms with E-state index < -0.39 is 0 Å². The normalized spacial score (nSPS) is 12.4. The fourth-order valence-electron chi connectivity index (χ4n) is 1.85. The molecule has 1 unspecified atom stereocenters. The summed E-state index contributed by atoms with van der Waals surface area (Å²) in [6, 6.07) is 5.98. The summed E-state index contributed by atoms with van der Waals surface area (Å²) in [5.74, 6) is 1.94. The van der Waals surface area contributed by atoms with Crippen molar-refractivity contribution in [2.24, 2.45) is 5.73 Å². The number of hydrogen-bond donors (Lipinski definition) is 1. The Labute approximate surface area is 126 Å². The lowest BCUT2D eigenvalue weighted by Crippen LogP contribution is -2.18. The van der Waals surface area contributed by atoms with Crippen LogP contribution in [-0.2, 0) is 19.4 Å². The van der Waals surface area contributed by atoms with Crippen molar-refractivity contribution < 1.29 is 9.26 Å². The van der Waals surface area contributed by atoms with Gasteiger partial charge in [0.25, 0.3) is 5.89 Å². The van der Waals surface area contributed by atoms with Crippen molar-refractivity contribution >= 4 is 15.9 Å². The van der Waals surface area contributed by atoms with Gasteiger partial charge in [0.2, 0.25) is 0 Å². The molecule has 0 bridgehead atoms. The molecule has 0 aliphatic heterocycles. The quantitative estimate of drug-likeness (QED) is 0.875. The topological polar surface area (TPSA) is 74.2 Å². The van der Waals surface area contributed by atoms with Gasteiger partial charge in [-0.2, -0.15) is 4.98 Å². The Hall–Kier alpha value is -1.40. The summed E-state index contributed by atoms with van der Waals surface area (Å²) in [5, 5.41) is 3.84. The van der Waals surface area contributed by atoms with Crippen molar-refractivity contribution in [2.75, 3.05) is 0 Å². The number of halogens is 1. The summed E-state index contributed by atoms with van der Waals surface area (Å²) in [4.78, 5) is 4.22. The van der Waals surface area contributed by atoms with E-state index in [1.165, 1.54) is 0 Å². The van der Waals surface area contributed by atoms with Crippen molar-refractivity contribution in [3.8, 4) is 5.75 Å². The number of nitrogens with two attached hydrogens (primary N) is 1.